The maximum Gasteiger partial charge on any atom is 0.223 e. The Balaban J connectivity index is 1.76. The molecule has 0 aromatic heterocycles. The number of fused-ring (bicyclic) bond motifs is 1. The highest BCUT2D eigenvalue weighted by atomic mass is 79.9. The number of hydrogen-bond acceptors (Lipinski definition) is 1. The lowest BCUT2D eigenvalue weighted by Crippen LogP contribution is -2.41. The summed E-state index contributed by atoms with van der Waals surface area (Å²) in [6.07, 6.45) is 11.4. The zero-order valence-electron chi connectivity index (χ0n) is 12.2. The van der Waals surface area contributed by atoms with Crippen LogP contribution in [0.1, 0.15) is 64.7 Å². The molecule has 110 valence electrons. The van der Waals surface area contributed by atoms with Gasteiger partial charge in [0.1, 0.15) is 0 Å². The van der Waals surface area contributed by atoms with Crippen LogP contribution < -0.4 is 5.32 Å². The maximum atomic E-state index is 12.3. The number of halogens is 1. The average molecular weight is 330 g/mol. The minimum absolute atomic E-state index is 0.297. The Bertz CT molecular complexity index is 294. The third kappa shape index (κ3) is 4.47. The van der Waals surface area contributed by atoms with E-state index in [1.54, 1.807) is 0 Å². The van der Waals surface area contributed by atoms with Gasteiger partial charge in [0, 0.05) is 17.3 Å². The second kappa shape index (κ2) is 7.66. The van der Waals surface area contributed by atoms with Gasteiger partial charge in [0.2, 0.25) is 5.91 Å². The Morgan fingerprint density at radius 1 is 1.21 bits per heavy atom. The number of carbonyl (C=O) groups excluding carboxylic acids is 1. The fraction of sp³-hybridized carbons (Fsp3) is 0.938. The summed E-state index contributed by atoms with van der Waals surface area (Å²) in [7, 11) is 0. The molecule has 2 fully saturated rings. The summed E-state index contributed by atoms with van der Waals surface area (Å²) in [6.45, 7) is 2.13. The predicted molar refractivity (Wildman–Crippen MR) is 83.4 cm³/mol. The molecule has 2 rings (SSSR count). The number of amides is 1. The molecular formula is C16H28BrNO. The summed E-state index contributed by atoms with van der Waals surface area (Å²) in [4.78, 5) is 12.3. The lowest BCUT2D eigenvalue weighted by atomic mass is 9.67. The van der Waals surface area contributed by atoms with Crippen molar-refractivity contribution in [2.24, 2.45) is 17.8 Å². The highest BCUT2D eigenvalue weighted by molar-refractivity contribution is 9.09. The molecule has 2 saturated carbocycles. The molecule has 0 saturated heterocycles. The standard InChI is InChI=1S/C16H28BrNO/c1-12(5-4-10-17)18-16(19)15-9-8-13-6-2-3-7-14(13)11-15/h12-15H,2-11H2,1H3,(H,18,19). The van der Waals surface area contributed by atoms with Crippen LogP contribution in [0.2, 0.25) is 0 Å². The largest absolute Gasteiger partial charge is 0.353 e. The van der Waals surface area contributed by atoms with Gasteiger partial charge in [0.05, 0.1) is 0 Å². The normalized spacial score (nSPS) is 32.4. The predicted octanol–water partition coefficient (Wildman–Crippen LogP) is 4.27. The molecule has 0 bridgehead atoms. The van der Waals surface area contributed by atoms with E-state index in [9.17, 15) is 4.79 Å². The Morgan fingerprint density at radius 2 is 1.95 bits per heavy atom. The summed E-state index contributed by atoms with van der Waals surface area (Å²) in [5.41, 5.74) is 0. The molecule has 4 unspecified atom stereocenters. The van der Waals surface area contributed by atoms with Crippen molar-refractivity contribution in [2.75, 3.05) is 5.33 Å². The van der Waals surface area contributed by atoms with Crippen molar-refractivity contribution in [1.29, 1.82) is 0 Å². The molecule has 0 aromatic carbocycles. The molecule has 0 radical (unpaired) electrons. The fourth-order valence-corrected chi connectivity index (χ4v) is 4.25. The summed E-state index contributed by atoms with van der Waals surface area (Å²) in [5, 5.41) is 4.25. The third-order valence-electron chi connectivity index (χ3n) is 5.07. The summed E-state index contributed by atoms with van der Waals surface area (Å²) >= 11 is 3.45. The third-order valence-corrected chi connectivity index (χ3v) is 5.63. The van der Waals surface area contributed by atoms with Crippen molar-refractivity contribution >= 4 is 21.8 Å². The summed E-state index contributed by atoms with van der Waals surface area (Å²) in [5.74, 6) is 2.40. The lowest BCUT2D eigenvalue weighted by Gasteiger charge is -2.39. The molecule has 0 aromatic rings. The SMILES string of the molecule is CC(CCCBr)NC(=O)C1CCC2CCCCC2C1. The van der Waals surface area contributed by atoms with Crippen LogP contribution in [0, 0.1) is 17.8 Å². The molecule has 0 aliphatic heterocycles. The van der Waals surface area contributed by atoms with Gasteiger partial charge in [-0.2, -0.15) is 0 Å². The molecule has 1 N–H and O–H groups in total. The van der Waals surface area contributed by atoms with E-state index in [0.29, 0.717) is 17.9 Å². The molecule has 4 atom stereocenters. The van der Waals surface area contributed by atoms with Gasteiger partial charge in [-0.05, 0) is 50.9 Å². The van der Waals surface area contributed by atoms with E-state index in [0.717, 1.165) is 42.8 Å². The van der Waals surface area contributed by atoms with E-state index >= 15 is 0 Å². The number of rotatable bonds is 5. The van der Waals surface area contributed by atoms with Crippen LogP contribution in [-0.4, -0.2) is 17.3 Å². The van der Waals surface area contributed by atoms with E-state index in [1.165, 1.54) is 32.1 Å². The number of hydrogen-bond donors (Lipinski definition) is 1. The number of carbonyl (C=O) groups is 1. The quantitative estimate of drug-likeness (QED) is 0.749. The molecule has 2 aliphatic rings. The van der Waals surface area contributed by atoms with Gasteiger partial charge in [-0.15, -0.1) is 0 Å². The Kier molecular flexibility index (Phi) is 6.18. The average Bonchev–Trinajstić information content (AvgIpc) is 2.44. The van der Waals surface area contributed by atoms with Gasteiger partial charge in [0.15, 0.2) is 0 Å². The van der Waals surface area contributed by atoms with E-state index in [4.69, 9.17) is 0 Å². The molecule has 0 heterocycles. The van der Waals surface area contributed by atoms with Crippen LogP contribution in [0.4, 0.5) is 0 Å². The van der Waals surface area contributed by atoms with Crippen LogP contribution in [0.15, 0.2) is 0 Å². The van der Waals surface area contributed by atoms with Gasteiger partial charge in [-0.1, -0.05) is 41.6 Å². The molecule has 3 heteroatoms. The van der Waals surface area contributed by atoms with Crippen LogP contribution in [0.3, 0.4) is 0 Å². The van der Waals surface area contributed by atoms with E-state index in [1.807, 2.05) is 0 Å². The van der Waals surface area contributed by atoms with Crippen molar-refractivity contribution in [3.8, 4) is 0 Å². The second-order valence-corrected chi connectivity index (χ2v) is 7.35. The molecular weight excluding hydrogens is 302 g/mol. The first kappa shape index (κ1) is 15.3. The topological polar surface area (TPSA) is 29.1 Å². The van der Waals surface area contributed by atoms with Crippen molar-refractivity contribution in [2.45, 2.75) is 70.8 Å². The number of nitrogens with one attached hydrogen (secondary N) is 1. The number of alkyl halides is 1. The Labute approximate surface area is 126 Å². The Hall–Kier alpha value is -0.0500. The summed E-state index contributed by atoms with van der Waals surface area (Å²) < 4.78 is 0. The maximum absolute atomic E-state index is 12.3. The van der Waals surface area contributed by atoms with Gasteiger partial charge < -0.3 is 5.32 Å². The van der Waals surface area contributed by atoms with Gasteiger partial charge in [-0.3, -0.25) is 4.79 Å². The van der Waals surface area contributed by atoms with Crippen molar-refractivity contribution < 1.29 is 4.79 Å². The highest BCUT2D eigenvalue weighted by Crippen LogP contribution is 2.42. The molecule has 2 nitrogen and oxygen atoms in total. The van der Waals surface area contributed by atoms with Crippen LogP contribution >= 0.6 is 15.9 Å². The van der Waals surface area contributed by atoms with Crippen molar-refractivity contribution in [1.82, 2.24) is 5.32 Å². The monoisotopic (exact) mass is 329 g/mol. The zero-order valence-corrected chi connectivity index (χ0v) is 13.8. The van der Waals surface area contributed by atoms with Gasteiger partial charge in [0.25, 0.3) is 0 Å². The van der Waals surface area contributed by atoms with Crippen LogP contribution in [0.5, 0.6) is 0 Å². The fourth-order valence-electron chi connectivity index (χ4n) is 3.93. The van der Waals surface area contributed by atoms with Gasteiger partial charge >= 0.3 is 0 Å². The van der Waals surface area contributed by atoms with Crippen LogP contribution in [0.25, 0.3) is 0 Å². The van der Waals surface area contributed by atoms with E-state index in [-0.39, 0.29) is 0 Å². The minimum atomic E-state index is 0.297. The smallest absolute Gasteiger partial charge is 0.223 e. The molecule has 2 aliphatic carbocycles. The second-order valence-electron chi connectivity index (χ2n) is 6.56. The Morgan fingerprint density at radius 3 is 2.68 bits per heavy atom. The first-order valence-corrected chi connectivity index (χ1v) is 9.19. The first-order chi connectivity index (χ1) is 9.20. The molecule has 19 heavy (non-hydrogen) atoms. The zero-order chi connectivity index (χ0) is 13.7. The first-order valence-electron chi connectivity index (χ1n) is 8.07. The lowest BCUT2D eigenvalue weighted by molar-refractivity contribution is -0.127. The molecule has 0 spiro atoms. The van der Waals surface area contributed by atoms with Crippen LogP contribution in [-0.2, 0) is 4.79 Å². The highest BCUT2D eigenvalue weighted by Gasteiger charge is 2.35. The van der Waals surface area contributed by atoms with Crippen molar-refractivity contribution in [3.05, 3.63) is 0 Å². The van der Waals surface area contributed by atoms with E-state index < -0.39 is 0 Å². The van der Waals surface area contributed by atoms with Gasteiger partial charge in [-0.25, -0.2) is 0 Å². The minimum Gasteiger partial charge on any atom is -0.353 e. The van der Waals surface area contributed by atoms with E-state index in [2.05, 4.69) is 28.2 Å². The summed E-state index contributed by atoms with van der Waals surface area (Å²) in [6, 6.07) is 0.328. The molecule has 1 amide bonds. The van der Waals surface area contributed by atoms with Crippen molar-refractivity contribution in [3.63, 3.8) is 0 Å².